The van der Waals surface area contributed by atoms with Crippen molar-refractivity contribution in [1.29, 1.82) is 5.26 Å². The predicted molar refractivity (Wildman–Crippen MR) is 222 cm³/mol. The molecule has 4 aliphatic rings. The zero-order chi connectivity index (χ0) is 39.9. The zero-order valence-corrected chi connectivity index (χ0v) is 33.0. The van der Waals surface area contributed by atoms with E-state index in [9.17, 15) is 19.6 Å². The molecule has 0 aliphatic carbocycles. The first kappa shape index (κ1) is 37.9. The van der Waals surface area contributed by atoms with Crippen LogP contribution in [-0.4, -0.2) is 95.9 Å². The quantitative estimate of drug-likeness (QED) is 0.160. The van der Waals surface area contributed by atoms with E-state index in [4.69, 9.17) is 11.6 Å². The van der Waals surface area contributed by atoms with Gasteiger partial charge in [0.25, 0.3) is 5.91 Å². The van der Waals surface area contributed by atoms with Gasteiger partial charge >= 0.3 is 6.03 Å². The highest BCUT2D eigenvalue weighted by atomic mass is 35.5. The predicted octanol–water partition coefficient (Wildman–Crippen LogP) is 6.58. The maximum Gasteiger partial charge on any atom is 0.328 e. The van der Waals surface area contributed by atoms with Gasteiger partial charge in [0.05, 0.1) is 38.4 Å². The number of nitriles is 1. The van der Waals surface area contributed by atoms with Crippen molar-refractivity contribution in [3.05, 3.63) is 82.9 Å². The van der Waals surface area contributed by atoms with Gasteiger partial charge in [0.15, 0.2) is 5.69 Å². The van der Waals surface area contributed by atoms with E-state index in [2.05, 4.69) is 64.5 Å². The van der Waals surface area contributed by atoms with E-state index < -0.39 is 11.7 Å². The van der Waals surface area contributed by atoms with Gasteiger partial charge in [-0.3, -0.25) is 24.9 Å². The van der Waals surface area contributed by atoms with Crippen LogP contribution in [0.3, 0.4) is 0 Å². The summed E-state index contributed by atoms with van der Waals surface area (Å²) in [6.45, 7) is 6.54. The van der Waals surface area contributed by atoms with Crippen molar-refractivity contribution in [3.8, 4) is 6.07 Å². The van der Waals surface area contributed by atoms with Crippen LogP contribution in [0.25, 0.3) is 21.8 Å². The van der Waals surface area contributed by atoms with Gasteiger partial charge in [0.2, 0.25) is 5.91 Å². The van der Waals surface area contributed by atoms with Crippen molar-refractivity contribution in [3.63, 3.8) is 0 Å². The SMILES string of the molecule is N#Cc1n[nH]c2c(N3CCC(NC(=O)c4ccc(N5CCC(CN6CCC(n7ccc8c(N9CCC(=O)NC9=O)cccc87)CC6)CC5)cc4F)CC3)ccc(Cl)c12. The number of anilines is 3. The van der Waals surface area contributed by atoms with Crippen molar-refractivity contribution in [2.75, 3.05) is 67.1 Å². The van der Waals surface area contributed by atoms with Gasteiger partial charge < -0.3 is 24.6 Å². The van der Waals surface area contributed by atoms with Crippen molar-refractivity contribution in [1.82, 2.24) is 30.3 Å². The number of halogens is 2. The molecule has 0 spiro atoms. The van der Waals surface area contributed by atoms with E-state index in [0.717, 1.165) is 91.9 Å². The summed E-state index contributed by atoms with van der Waals surface area (Å²) in [5.74, 6) is -0.560. The molecule has 0 bridgehead atoms. The molecule has 300 valence electrons. The van der Waals surface area contributed by atoms with E-state index in [1.165, 1.54) is 6.07 Å². The number of amides is 4. The van der Waals surface area contributed by atoms with Gasteiger partial charge in [-0.25, -0.2) is 9.18 Å². The molecular weight excluding hydrogens is 759 g/mol. The Morgan fingerprint density at radius 1 is 0.914 bits per heavy atom. The number of nitrogens with zero attached hydrogens (tertiary/aromatic N) is 7. The number of hydrogen-bond acceptors (Lipinski definition) is 8. The van der Waals surface area contributed by atoms with Crippen LogP contribution >= 0.6 is 11.6 Å². The van der Waals surface area contributed by atoms with Gasteiger partial charge in [-0.15, -0.1) is 0 Å². The average Bonchev–Trinajstić information content (AvgIpc) is 3.88. The van der Waals surface area contributed by atoms with Crippen LogP contribution in [-0.2, 0) is 4.79 Å². The highest BCUT2D eigenvalue weighted by molar-refractivity contribution is 6.36. The molecule has 4 aliphatic heterocycles. The summed E-state index contributed by atoms with van der Waals surface area (Å²) >= 11 is 6.36. The third-order valence-electron chi connectivity index (χ3n) is 12.7. The minimum atomic E-state index is -0.506. The Hall–Kier alpha value is -5.65. The molecule has 0 saturated carbocycles. The number of hydrogen-bond donors (Lipinski definition) is 3. The molecule has 9 rings (SSSR count). The fourth-order valence-electron chi connectivity index (χ4n) is 9.47. The first-order valence-corrected chi connectivity index (χ1v) is 20.7. The molecular formula is C43H46ClFN10O3. The molecule has 0 unspecified atom stereocenters. The number of aromatic nitrogens is 3. The molecule has 3 aromatic carbocycles. The van der Waals surface area contributed by atoms with Gasteiger partial charge in [-0.2, -0.15) is 10.4 Å². The van der Waals surface area contributed by atoms with E-state index >= 15 is 4.39 Å². The summed E-state index contributed by atoms with van der Waals surface area (Å²) in [5, 5.41) is 24.1. The molecule has 0 atom stereocenters. The van der Waals surface area contributed by atoms with Gasteiger partial charge in [-0.05, 0) is 93.0 Å². The van der Waals surface area contributed by atoms with Crippen LogP contribution < -0.4 is 25.3 Å². The largest absolute Gasteiger partial charge is 0.371 e. The minimum Gasteiger partial charge on any atom is -0.371 e. The van der Waals surface area contributed by atoms with Crippen LogP contribution in [0.1, 0.15) is 67.0 Å². The second-order valence-corrected chi connectivity index (χ2v) is 16.5. The van der Waals surface area contributed by atoms with Crippen molar-refractivity contribution in [2.45, 2.75) is 57.0 Å². The van der Waals surface area contributed by atoms with Crippen molar-refractivity contribution in [2.24, 2.45) is 5.92 Å². The Balaban J connectivity index is 0.735. The van der Waals surface area contributed by atoms with Gasteiger partial charge in [0.1, 0.15) is 11.9 Å². The Morgan fingerprint density at radius 3 is 2.43 bits per heavy atom. The Morgan fingerprint density at radius 2 is 1.69 bits per heavy atom. The summed E-state index contributed by atoms with van der Waals surface area (Å²) in [4.78, 5) is 46.2. The number of carbonyl (C=O) groups is 3. The Labute approximate surface area is 340 Å². The molecule has 5 aromatic rings. The number of fused-ring (bicyclic) bond motifs is 2. The first-order chi connectivity index (χ1) is 28.2. The lowest BCUT2D eigenvalue weighted by molar-refractivity contribution is -0.120. The molecule has 15 heteroatoms. The number of piperidine rings is 3. The van der Waals surface area contributed by atoms with Gasteiger partial charge in [-0.1, -0.05) is 17.7 Å². The van der Waals surface area contributed by atoms with Crippen molar-refractivity contribution >= 4 is 68.3 Å². The summed E-state index contributed by atoms with van der Waals surface area (Å²) in [5.41, 5.74) is 4.72. The second kappa shape index (κ2) is 15.9. The highest BCUT2D eigenvalue weighted by Crippen LogP contribution is 2.36. The smallest absolute Gasteiger partial charge is 0.328 e. The molecule has 4 saturated heterocycles. The molecule has 3 N–H and O–H groups in total. The van der Waals surface area contributed by atoms with Crippen molar-refractivity contribution < 1.29 is 18.8 Å². The summed E-state index contributed by atoms with van der Waals surface area (Å²) in [6, 6.07) is 18.8. The lowest BCUT2D eigenvalue weighted by Crippen LogP contribution is -2.49. The molecule has 6 heterocycles. The van der Waals surface area contributed by atoms with E-state index in [1.807, 2.05) is 24.3 Å². The number of H-pyrrole nitrogens is 1. The fourth-order valence-corrected chi connectivity index (χ4v) is 9.72. The fraction of sp³-hybridized carbons (Fsp3) is 0.419. The Bertz CT molecular complexity index is 2420. The molecule has 2 aromatic heterocycles. The number of aromatic amines is 1. The number of nitrogens with one attached hydrogen (secondary N) is 3. The average molecular weight is 805 g/mol. The van der Waals surface area contributed by atoms with Crippen LogP contribution in [0, 0.1) is 23.1 Å². The lowest BCUT2D eigenvalue weighted by Gasteiger charge is -2.39. The van der Waals surface area contributed by atoms with Crippen LogP contribution in [0.2, 0.25) is 5.02 Å². The third kappa shape index (κ3) is 7.33. The van der Waals surface area contributed by atoms with Crippen LogP contribution in [0.15, 0.2) is 60.8 Å². The summed E-state index contributed by atoms with van der Waals surface area (Å²) < 4.78 is 17.8. The molecule has 0 radical (unpaired) electrons. The number of likely N-dealkylation sites (tertiary alicyclic amines) is 1. The van der Waals surface area contributed by atoms with E-state index in [1.54, 1.807) is 17.0 Å². The summed E-state index contributed by atoms with van der Waals surface area (Å²) in [7, 11) is 0. The number of urea groups is 1. The topological polar surface area (TPSA) is 146 Å². The van der Waals surface area contributed by atoms with E-state index in [0.29, 0.717) is 61.3 Å². The molecule has 13 nitrogen and oxygen atoms in total. The third-order valence-corrected chi connectivity index (χ3v) is 13.0. The number of carbonyl (C=O) groups excluding carboxylic acids is 3. The zero-order valence-electron chi connectivity index (χ0n) is 32.2. The lowest BCUT2D eigenvalue weighted by atomic mass is 9.94. The molecule has 4 fully saturated rings. The first-order valence-electron chi connectivity index (χ1n) is 20.3. The Kier molecular flexibility index (Phi) is 10.4. The number of rotatable bonds is 8. The second-order valence-electron chi connectivity index (χ2n) is 16.0. The normalized spacial score (nSPS) is 19.2. The molecule has 4 amide bonds. The maximum atomic E-state index is 15.5. The summed E-state index contributed by atoms with van der Waals surface area (Å²) in [6.07, 6.45) is 7.99. The highest BCUT2D eigenvalue weighted by Gasteiger charge is 2.30. The number of benzene rings is 3. The molecule has 58 heavy (non-hydrogen) atoms. The monoisotopic (exact) mass is 804 g/mol. The van der Waals surface area contributed by atoms with E-state index in [-0.39, 0.29) is 29.2 Å². The van der Waals surface area contributed by atoms with Crippen LogP contribution in [0.5, 0.6) is 0 Å². The van der Waals surface area contributed by atoms with Gasteiger partial charge in [0, 0.05) is 88.1 Å². The standard InChI is InChI=1S/C43H46ClFN10O3/c44-33-6-7-38(41-40(33)35(25-46)49-50-41)53-20-10-28(11-21-53)47-42(57)31-5-4-30(24-34(31)45)52-18-8-27(9-19-52)26-51-16-12-29(13-17-51)54-22-14-32-36(54)2-1-3-37(32)55-23-15-39(56)48-43(55)58/h1-7,14,22,24,27-29H,8-13,15-21,23,26H2,(H,47,57)(H,49,50)(H,48,56,58). The van der Waals surface area contributed by atoms with Crippen LogP contribution in [0.4, 0.5) is 26.2 Å². The number of imide groups is 1. The maximum absolute atomic E-state index is 15.5. The minimum absolute atomic E-state index is 0.0609.